The van der Waals surface area contributed by atoms with Crippen molar-refractivity contribution in [3.05, 3.63) is 231 Å². The van der Waals surface area contributed by atoms with Crippen LogP contribution in [0.15, 0.2) is 239 Å². The molecule has 0 aliphatic rings. The lowest BCUT2D eigenvalue weighted by Crippen LogP contribution is -2.00. The van der Waals surface area contributed by atoms with E-state index in [9.17, 15) is 0 Å². The van der Waals surface area contributed by atoms with Crippen molar-refractivity contribution in [3.63, 3.8) is 0 Å². The van der Waals surface area contributed by atoms with Gasteiger partial charge < -0.3 is 13.4 Å². The number of fused-ring (bicyclic) bond motifs is 9. The van der Waals surface area contributed by atoms with Gasteiger partial charge in [0, 0.05) is 54.7 Å². The normalized spacial score (nSPS) is 11.8. The fraction of sp³-hybridized carbons (Fsp3) is 0. The number of hydrogen-bond donors (Lipinski definition) is 0. The Kier molecular flexibility index (Phi) is 8.79. The van der Waals surface area contributed by atoms with E-state index in [0.717, 1.165) is 99.5 Å². The highest BCUT2D eigenvalue weighted by atomic mass is 16.3. The van der Waals surface area contributed by atoms with Crippen LogP contribution >= 0.6 is 0 Å². The van der Waals surface area contributed by atoms with Crippen LogP contribution in [-0.2, 0) is 0 Å². The lowest BCUT2D eigenvalue weighted by molar-refractivity contribution is 0.669. The zero-order valence-electron chi connectivity index (χ0n) is 37.0. The first-order valence-electron chi connectivity index (χ1n) is 23.2. The molecule has 0 spiro atoms. The van der Waals surface area contributed by atoms with E-state index in [-0.39, 0.29) is 0 Å². The highest BCUT2D eigenvalue weighted by molar-refractivity contribution is 6.15. The highest BCUT2D eigenvalue weighted by Gasteiger charge is 2.22. The number of rotatable bonds is 7. The minimum atomic E-state index is 0.547. The molecule has 10 aromatic carbocycles. The molecule has 0 radical (unpaired) electrons. The molecular formula is C63H38N4O2. The van der Waals surface area contributed by atoms with E-state index in [1.807, 2.05) is 60.7 Å². The van der Waals surface area contributed by atoms with Gasteiger partial charge in [-0.25, -0.2) is 15.0 Å². The molecule has 14 rings (SSSR count). The molecule has 0 N–H and O–H groups in total. The van der Waals surface area contributed by atoms with Gasteiger partial charge in [0.15, 0.2) is 17.5 Å². The number of aromatic nitrogens is 4. The maximum atomic E-state index is 6.74. The molecule has 6 nitrogen and oxygen atoms in total. The van der Waals surface area contributed by atoms with E-state index >= 15 is 0 Å². The Morgan fingerprint density at radius 3 is 1.51 bits per heavy atom. The Hall–Kier alpha value is -9.39. The summed E-state index contributed by atoms with van der Waals surface area (Å²) in [5.74, 6) is 1.68. The average molecular weight is 883 g/mol. The van der Waals surface area contributed by atoms with Crippen LogP contribution in [0.5, 0.6) is 0 Å². The maximum Gasteiger partial charge on any atom is 0.164 e. The molecule has 0 saturated heterocycles. The van der Waals surface area contributed by atoms with E-state index < -0.39 is 0 Å². The van der Waals surface area contributed by atoms with Crippen molar-refractivity contribution in [2.24, 2.45) is 0 Å². The van der Waals surface area contributed by atoms with Crippen LogP contribution in [0.25, 0.3) is 139 Å². The Morgan fingerprint density at radius 1 is 0.275 bits per heavy atom. The molecular weight excluding hydrogens is 845 g/mol. The van der Waals surface area contributed by atoms with Crippen LogP contribution < -0.4 is 0 Å². The largest absolute Gasteiger partial charge is 0.456 e. The van der Waals surface area contributed by atoms with E-state index in [2.05, 4.69) is 174 Å². The minimum Gasteiger partial charge on any atom is -0.456 e. The Morgan fingerprint density at radius 2 is 0.783 bits per heavy atom. The molecule has 0 amide bonds. The first-order chi connectivity index (χ1) is 34.2. The summed E-state index contributed by atoms with van der Waals surface area (Å²) >= 11 is 0. The van der Waals surface area contributed by atoms with Crippen LogP contribution in [0.1, 0.15) is 0 Å². The molecule has 14 aromatic rings. The molecule has 4 heterocycles. The summed E-state index contributed by atoms with van der Waals surface area (Å²) in [6, 6.07) is 80.4. The smallest absolute Gasteiger partial charge is 0.164 e. The predicted molar refractivity (Wildman–Crippen MR) is 281 cm³/mol. The van der Waals surface area contributed by atoms with Gasteiger partial charge in [0.2, 0.25) is 0 Å². The molecule has 0 atom stereocenters. The van der Waals surface area contributed by atoms with Gasteiger partial charge >= 0.3 is 0 Å². The SMILES string of the molecule is c1ccc(-c2ccc3c(c2)c2cc(-c4ccc5c(c4)oc4cccc(-c6nc(-c7ccccc7)nc(-c7cc(-c8ccccc8)c8c(c7)oc7ccccc78)n6)c45)ccc2n3-c2ccccc2)cc1. The van der Waals surface area contributed by atoms with Crippen molar-refractivity contribution in [2.75, 3.05) is 0 Å². The first-order valence-corrected chi connectivity index (χ1v) is 23.2. The van der Waals surface area contributed by atoms with E-state index in [1.165, 1.54) is 21.9 Å². The van der Waals surface area contributed by atoms with Crippen molar-refractivity contribution in [1.29, 1.82) is 0 Å². The molecule has 0 saturated carbocycles. The van der Waals surface area contributed by atoms with Crippen molar-refractivity contribution < 1.29 is 8.83 Å². The van der Waals surface area contributed by atoms with Crippen LogP contribution in [0.3, 0.4) is 0 Å². The van der Waals surface area contributed by atoms with Gasteiger partial charge in [0.05, 0.1) is 11.0 Å². The lowest BCUT2D eigenvalue weighted by atomic mass is 9.96. The average Bonchev–Trinajstić information content (AvgIpc) is 4.10. The minimum absolute atomic E-state index is 0.547. The van der Waals surface area contributed by atoms with Crippen molar-refractivity contribution >= 4 is 65.7 Å². The molecule has 6 heteroatoms. The fourth-order valence-corrected chi connectivity index (χ4v) is 10.2. The van der Waals surface area contributed by atoms with Crippen molar-refractivity contribution in [3.8, 4) is 73.2 Å². The van der Waals surface area contributed by atoms with E-state index in [0.29, 0.717) is 17.5 Å². The van der Waals surface area contributed by atoms with Crippen molar-refractivity contribution in [1.82, 2.24) is 19.5 Å². The third kappa shape index (κ3) is 6.45. The van der Waals surface area contributed by atoms with E-state index in [4.69, 9.17) is 23.8 Å². The van der Waals surface area contributed by atoms with Gasteiger partial charge in [-0.3, -0.25) is 0 Å². The Balaban J connectivity index is 0.925. The zero-order chi connectivity index (χ0) is 45.4. The summed E-state index contributed by atoms with van der Waals surface area (Å²) in [6.45, 7) is 0. The highest BCUT2D eigenvalue weighted by Crippen LogP contribution is 2.43. The number of nitrogens with zero attached hydrogens (tertiary/aromatic N) is 4. The number of hydrogen-bond acceptors (Lipinski definition) is 5. The fourth-order valence-electron chi connectivity index (χ4n) is 10.2. The third-order valence-electron chi connectivity index (χ3n) is 13.4. The summed E-state index contributed by atoms with van der Waals surface area (Å²) in [5, 5.41) is 6.44. The lowest BCUT2D eigenvalue weighted by Gasteiger charge is -2.11. The quantitative estimate of drug-likeness (QED) is 0.159. The second kappa shape index (κ2) is 15.6. The van der Waals surface area contributed by atoms with Crippen LogP contribution in [0.2, 0.25) is 0 Å². The van der Waals surface area contributed by atoms with E-state index in [1.54, 1.807) is 0 Å². The third-order valence-corrected chi connectivity index (χ3v) is 13.4. The van der Waals surface area contributed by atoms with Gasteiger partial charge in [-0.15, -0.1) is 0 Å². The summed E-state index contributed by atoms with van der Waals surface area (Å²) in [5.41, 5.74) is 15.8. The van der Waals surface area contributed by atoms with Crippen LogP contribution in [0, 0.1) is 0 Å². The van der Waals surface area contributed by atoms with Gasteiger partial charge in [0.1, 0.15) is 22.3 Å². The monoisotopic (exact) mass is 882 g/mol. The summed E-state index contributed by atoms with van der Waals surface area (Å²) in [4.78, 5) is 15.6. The predicted octanol–water partition coefficient (Wildman–Crippen LogP) is 16.8. The summed E-state index contributed by atoms with van der Waals surface area (Å²) in [6.07, 6.45) is 0. The molecule has 0 bridgehead atoms. The Bertz CT molecular complexity index is 4290. The van der Waals surface area contributed by atoms with Crippen LogP contribution in [0.4, 0.5) is 0 Å². The summed E-state index contributed by atoms with van der Waals surface area (Å²) in [7, 11) is 0. The molecule has 322 valence electrons. The number of para-hydroxylation sites is 2. The number of furan rings is 2. The summed E-state index contributed by atoms with van der Waals surface area (Å²) < 4.78 is 15.6. The second-order valence-electron chi connectivity index (χ2n) is 17.5. The molecule has 0 aliphatic carbocycles. The maximum absolute atomic E-state index is 6.74. The molecule has 0 aliphatic heterocycles. The molecule has 69 heavy (non-hydrogen) atoms. The zero-order valence-corrected chi connectivity index (χ0v) is 37.0. The topological polar surface area (TPSA) is 69.9 Å². The second-order valence-corrected chi connectivity index (χ2v) is 17.5. The van der Waals surface area contributed by atoms with Gasteiger partial charge in [-0.05, 0) is 106 Å². The van der Waals surface area contributed by atoms with Gasteiger partial charge in [-0.1, -0.05) is 158 Å². The van der Waals surface area contributed by atoms with Crippen molar-refractivity contribution in [2.45, 2.75) is 0 Å². The standard InChI is InChI=1S/C63H38N4O2/c1-5-16-39(17-6-1)42-29-32-53-51(34-42)52-35-43(30-33-54(52)67(53)46-22-11-4-12-23-46)44-28-31-48-57(37-44)69-56-27-15-25-49(59(48)56)63-65-61(41-20-9-3-10-21-41)64-62(66-63)45-36-50(40-18-7-2-8-19-40)60-47-24-13-14-26-55(47)68-58(60)38-45/h1-38H. The number of benzene rings is 10. The van der Waals surface area contributed by atoms with Gasteiger partial charge in [-0.2, -0.15) is 0 Å². The molecule has 0 unspecified atom stereocenters. The Labute approximate surface area is 396 Å². The van der Waals surface area contributed by atoms with Crippen LogP contribution in [-0.4, -0.2) is 19.5 Å². The molecule has 0 fully saturated rings. The molecule has 4 aromatic heterocycles. The van der Waals surface area contributed by atoms with Gasteiger partial charge in [0.25, 0.3) is 0 Å². The first kappa shape index (κ1) is 38.8.